The molecule has 8 heteroatoms. The lowest BCUT2D eigenvalue weighted by Crippen LogP contribution is -2.37. The number of aliphatic imine (C=N–C) groups is 1. The molecule has 1 aliphatic rings. The minimum atomic E-state index is 0. The molecule has 0 saturated carbocycles. The molecule has 0 fully saturated rings. The molecule has 1 unspecified atom stereocenters. The lowest BCUT2D eigenvalue weighted by atomic mass is 10.1. The van der Waals surface area contributed by atoms with Crippen molar-refractivity contribution in [1.29, 1.82) is 0 Å². The van der Waals surface area contributed by atoms with E-state index in [1.165, 1.54) is 24.8 Å². The van der Waals surface area contributed by atoms with Gasteiger partial charge in [-0.1, -0.05) is 32.4 Å². The van der Waals surface area contributed by atoms with Crippen molar-refractivity contribution in [2.24, 2.45) is 10.9 Å². The number of nitrogens with zero attached hydrogens (tertiary/aromatic N) is 4. The zero-order valence-electron chi connectivity index (χ0n) is 20.1. The molecule has 32 heavy (non-hydrogen) atoms. The number of guanidine groups is 1. The fourth-order valence-corrected chi connectivity index (χ4v) is 4.08. The first-order valence-electron chi connectivity index (χ1n) is 11.6. The normalized spacial score (nSPS) is 14.9. The van der Waals surface area contributed by atoms with Crippen molar-refractivity contribution in [2.45, 2.75) is 85.5 Å². The van der Waals surface area contributed by atoms with Crippen molar-refractivity contribution >= 4 is 29.9 Å². The minimum Gasteiger partial charge on any atom is -0.490 e. The molecule has 0 aliphatic carbocycles. The van der Waals surface area contributed by atoms with E-state index in [1.807, 2.05) is 0 Å². The molecule has 1 aromatic heterocycles. The fourth-order valence-electron chi connectivity index (χ4n) is 4.08. The molecular formula is C24H39IN6O. The van der Waals surface area contributed by atoms with Gasteiger partial charge in [0.05, 0.1) is 12.6 Å². The Hall–Kier alpha value is -1.84. The summed E-state index contributed by atoms with van der Waals surface area (Å²) in [4.78, 5) is 4.38. The summed E-state index contributed by atoms with van der Waals surface area (Å²) < 4.78 is 8.53. The number of hydrogen-bond donors (Lipinski definition) is 2. The Balaban J connectivity index is 0.00000363. The predicted molar refractivity (Wildman–Crippen MR) is 141 cm³/mol. The van der Waals surface area contributed by atoms with Gasteiger partial charge < -0.3 is 19.9 Å². The SMILES string of the molecule is CN=C(NCc1ccc(C)cc1OC(C)CC(C)C)NCc1nnc2n1CCCCC2.I. The number of fused-ring (bicyclic) bond motifs is 1. The summed E-state index contributed by atoms with van der Waals surface area (Å²) in [7, 11) is 1.79. The monoisotopic (exact) mass is 554 g/mol. The second kappa shape index (κ2) is 13.0. The van der Waals surface area contributed by atoms with Gasteiger partial charge in [-0.15, -0.1) is 34.2 Å². The quantitative estimate of drug-likeness (QED) is 0.283. The molecule has 0 bridgehead atoms. The van der Waals surface area contributed by atoms with Gasteiger partial charge in [0.15, 0.2) is 11.8 Å². The van der Waals surface area contributed by atoms with Crippen LogP contribution in [0, 0.1) is 12.8 Å². The molecule has 1 aromatic carbocycles. The first-order chi connectivity index (χ1) is 15.0. The second-order valence-electron chi connectivity index (χ2n) is 8.94. The zero-order chi connectivity index (χ0) is 22.2. The third kappa shape index (κ3) is 7.64. The molecule has 0 radical (unpaired) electrons. The fraction of sp³-hybridized carbons (Fsp3) is 0.625. The van der Waals surface area contributed by atoms with E-state index in [4.69, 9.17) is 4.74 Å². The van der Waals surface area contributed by atoms with Crippen molar-refractivity contribution in [3.63, 3.8) is 0 Å². The summed E-state index contributed by atoms with van der Waals surface area (Å²) in [5.74, 6) is 4.37. The van der Waals surface area contributed by atoms with Gasteiger partial charge in [-0.25, -0.2) is 0 Å². The summed E-state index contributed by atoms with van der Waals surface area (Å²) in [6.07, 6.45) is 5.89. The van der Waals surface area contributed by atoms with Gasteiger partial charge in [0.1, 0.15) is 11.6 Å². The Morgan fingerprint density at radius 1 is 1.12 bits per heavy atom. The summed E-state index contributed by atoms with van der Waals surface area (Å²) in [6, 6.07) is 6.37. The minimum absolute atomic E-state index is 0. The molecule has 3 rings (SSSR count). The number of rotatable bonds is 8. The van der Waals surface area contributed by atoms with E-state index in [2.05, 4.69) is 76.3 Å². The molecule has 0 spiro atoms. The van der Waals surface area contributed by atoms with Crippen LogP contribution in [0.3, 0.4) is 0 Å². The van der Waals surface area contributed by atoms with Gasteiger partial charge in [0.25, 0.3) is 0 Å². The number of hydrogen-bond acceptors (Lipinski definition) is 4. The number of benzene rings is 1. The first kappa shape index (κ1) is 26.4. The first-order valence-corrected chi connectivity index (χ1v) is 11.6. The molecule has 1 aliphatic heterocycles. The van der Waals surface area contributed by atoms with Gasteiger partial charge in [-0.3, -0.25) is 4.99 Å². The third-order valence-corrected chi connectivity index (χ3v) is 5.62. The molecular weight excluding hydrogens is 515 g/mol. The zero-order valence-corrected chi connectivity index (χ0v) is 22.5. The largest absolute Gasteiger partial charge is 0.490 e. The lowest BCUT2D eigenvalue weighted by Gasteiger charge is -2.20. The van der Waals surface area contributed by atoms with Gasteiger partial charge in [0.2, 0.25) is 0 Å². The maximum atomic E-state index is 6.27. The smallest absolute Gasteiger partial charge is 0.191 e. The van der Waals surface area contributed by atoms with Crippen LogP contribution >= 0.6 is 24.0 Å². The van der Waals surface area contributed by atoms with Crippen LogP contribution in [0.5, 0.6) is 5.75 Å². The summed E-state index contributed by atoms with van der Waals surface area (Å²) in [5, 5.41) is 15.6. The van der Waals surface area contributed by atoms with Gasteiger partial charge in [-0.2, -0.15) is 0 Å². The van der Waals surface area contributed by atoms with Crippen LogP contribution in [-0.4, -0.2) is 33.9 Å². The Morgan fingerprint density at radius 3 is 2.66 bits per heavy atom. The van der Waals surface area contributed by atoms with Crippen LogP contribution in [0.4, 0.5) is 0 Å². The lowest BCUT2D eigenvalue weighted by molar-refractivity contribution is 0.191. The predicted octanol–water partition coefficient (Wildman–Crippen LogP) is 4.61. The molecule has 2 N–H and O–H groups in total. The van der Waals surface area contributed by atoms with Crippen LogP contribution in [0.15, 0.2) is 23.2 Å². The van der Waals surface area contributed by atoms with Gasteiger partial charge in [-0.05, 0) is 50.7 Å². The number of aryl methyl sites for hydroxylation is 2. The second-order valence-corrected chi connectivity index (χ2v) is 8.94. The van der Waals surface area contributed by atoms with Crippen molar-refractivity contribution < 1.29 is 4.74 Å². The molecule has 178 valence electrons. The van der Waals surface area contributed by atoms with Crippen molar-refractivity contribution in [2.75, 3.05) is 7.05 Å². The van der Waals surface area contributed by atoms with Gasteiger partial charge >= 0.3 is 0 Å². The highest BCUT2D eigenvalue weighted by atomic mass is 127. The van der Waals surface area contributed by atoms with Crippen LogP contribution in [0.1, 0.15) is 69.2 Å². The van der Waals surface area contributed by atoms with Crippen LogP contribution in [-0.2, 0) is 26.1 Å². The summed E-state index contributed by atoms with van der Waals surface area (Å²) >= 11 is 0. The number of aromatic nitrogens is 3. The molecule has 7 nitrogen and oxygen atoms in total. The number of ether oxygens (including phenoxy) is 1. The maximum absolute atomic E-state index is 6.27. The maximum Gasteiger partial charge on any atom is 0.191 e. The van der Waals surface area contributed by atoms with Crippen LogP contribution < -0.4 is 15.4 Å². The van der Waals surface area contributed by atoms with E-state index in [9.17, 15) is 0 Å². The Labute approximate surface area is 209 Å². The molecule has 2 heterocycles. The Morgan fingerprint density at radius 2 is 1.91 bits per heavy atom. The number of halogens is 1. The summed E-state index contributed by atoms with van der Waals surface area (Å²) in [6.45, 7) is 10.9. The van der Waals surface area contributed by atoms with Crippen molar-refractivity contribution in [3.8, 4) is 5.75 Å². The van der Waals surface area contributed by atoms with Crippen LogP contribution in [0.25, 0.3) is 0 Å². The summed E-state index contributed by atoms with van der Waals surface area (Å²) in [5.41, 5.74) is 2.33. The van der Waals surface area contributed by atoms with E-state index >= 15 is 0 Å². The molecule has 1 atom stereocenters. The topological polar surface area (TPSA) is 76.4 Å². The average molecular weight is 555 g/mol. The van der Waals surface area contributed by atoms with E-state index in [0.717, 1.165) is 48.3 Å². The average Bonchev–Trinajstić information content (AvgIpc) is 2.95. The van der Waals surface area contributed by atoms with Crippen molar-refractivity contribution in [3.05, 3.63) is 41.0 Å². The standard InChI is InChI=1S/C24H38N6O.HI/c1-17(2)13-19(4)31-21-14-18(3)10-11-20(21)15-26-24(25-5)27-16-23-29-28-22-9-7-6-8-12-30(22)23;/h10-11,14,17,19H,6-9,12-13,15-16H2,1-5H3,(H2,25,26,27);1H. The van der Waals surface area contributed by atoms with E-state index in [-0.39, 0.29) is 30.1 Å². The van der Waals surface area contributed by atoms with Crippen LogP contribution in [0.2, 0.25) is 0 Å². The molecule has 0 saturated heterocycles. The molecule has 0 amide bonds. The highest BCUT2D eigenvalue weighted by molar-refractivity contribution is 14.0. The molecule has 2 aromatic rings. The Kier molecular flexibility index (Phi) is 10.7. The number of nitrogens with one attached hydrogen (secondary N) is 2. The van der Waals surface area contributed by atoms with Crippen molar-refractivity contribution in [1.82, 2.24) is 25.4 Å². The highest BCUT2D eigenvalue weighted by Crippen LogP contribution is 2.23. The van der Waals surface area contributed by atoms with E-state index in [0.29, 0.717) is 19.0 Å². The highest BCUT2D eigenvalue weighted by Gasteiger charge is 2.15. The van der Waals surface area contributed by atoms with E-state index < -0.39 is 0 Å². The Bertz CT molecular complexity index is 879. The third-order valence-electron chi connectivity index (χ3n) is 5.62. The van der Waals surface area contributed by atoms with E-state index in [1.54, 1.807) is 7.05 Å². The van der Waals surface area contributed by atoms with Gasteiger partial charge in [0, 0.05) is 32.1 Å².